The van der Waals surface area contributed by atoms with Crippen LogP contribution in [0.4, 0.5) is 0 Å². The first-order valence-electron chi connectivity index (χ1n) is 7.03. The molecule has 0 radical (unpaired) electrons. The van der Waals surface area contributed by atoms with Crippen LogP contribution < -0.4 is 10.1 Å². The third-order valence-corrected chi connectivity index (χ3v) is 3.74. The fourth-order valence-electron chi connectivity index (χ4n) is 2.53. The van der Waals surface area contributed by atoms with Gasteiger partial charge in [0.2, 0.25) is 11.7 Å². The van der Waals surface area contributed by atoms with E-state index in [9.17, 15) is 0 Å². The monoisotopic (exact) mass is 273 g/mol. The molecule has 2 heterocycles. The summed E-state index contributed by atoms with van der Waals surface area (Å²) >= 11 is 0. The Hall–Kier alpha value is -1.88. The molecule has 0 saturated carbocycles. The summed E-state index contributed by atoms with van der Waals surface area (Å²) in [4.78, 5) is 4.49. The quantitative estimate of drug-likeness (QED) is 0.926. The number of hydrogen-bond acceptors (Lipinski definition) is 5. The average Bonchev–Trinajstić information content (AvgIpc) is 2.97. The second-order valence-corrected chi connectivity index (χ2v) is 5.14. The first-order valence-corrected chi connectivity index (χ1v) is 7.03. The van der Waals surface area contributed by atoms with Crippen LogP contribution in [0, 0.1) is 5.92 Å². The summed E-state index contributed by atoms with van der Waals surface area (Å²) < 4.78 is 10.5. The van der Waals surface area contributed by atoms with Crippen molar-refractivity contribution in [1.29, 1.82) is 0 Å². The van der Waals surface area contributed by atoms with E-state index in [-0.39, 0.29) is 0 Å². The standard InChI is InChI=1S/C15H19N3O2/c1-19-13-4-2-12(3-5-13)15-17-14(20-18-15)10-11-6-8-16-9-7-11/h2-5,11,16H,6-10H2,1H3. The van der Waals surface area contributed by atoms with Crippen LogP contribution in [0.1, 0.15) is 18.7 Å². The summed E-state index contributed by atoms with van der Waals surface area (Å²) in [5, 5.41) is 7.43. The Morgan fingerprint density at radius 3 is 2.70 bits per heavy atom. The fourth-order valence-corrected chi connectivity index (χ4v) is 2.53. The predicted octanol–water partition coefficient (Wildman–Crippen LogP) is 2.29. The maximum Gasteiger partial charge on any atom is 0.227 e. The summed E-state index contributed by atoms with van der Waals surface area (Å²) in [6.45, 7) is 2.17. The van der Waals surface area contributed by atoms with Gasteiger partial charge in [0.05, 0.1) is 7.11 Å². The van der Waals surface area contributed by atoms with E-state index in [1.807, 2.05) is 24.3 Å². The maximum absolute atomic E-state index is 5.37. The van der Waals surface area contributed by atoms with Crippen molar-refractivity contribution >= 4 is 0 Å². The van der Waals surface area contributed by atoms with Crippen molar-refractivity contribution in [3.05, 3.63) is 30.2 Å². The van der Waals surface area contributed by atoms with Gasteiger partial charge in [-0.05, 0) is 56.1 Å². The number of hydrogen-bond donors (Lipinski definition) is 1. The van der Waals surface area contributed by atoms with Crippen LogP contribution in [-0.2, 0) is 6.42 Å². The number of piperidine rings is 1. The van der Waals surface area contributed by atoms with Gasteiger partial charge in [-0.15, -0.1) is 0 Å². The molecule has 0 bridgehead atoms. The number of nitrogens with zero attached hydrogens (tertiary/aromatic N) is 2. The number of ether oxygens (including phenoxy) is 1. The van der Waals surface area contributed by atoms with Gasteiger partial charge in [0.25, 0.3) is 0 Å². The highest BCUT2D eigenvalue weighted by Crippen LogP contribution is 2.22. The van der Waals surface area contributed by atoms with Gasteiger partial charge in [-0.25, -0.2) is 0 Å². The van der Waals surface area contributed by atoms with Gasteiger partial charge in [-0.1, -0.05) is 5.16 Å². The first-order chi connectivity index (χ1) is 9.85. The largest absolute Gasteiger partial charge is 0.497 e. The molecule has 5 nitrogen and oxygen atoms in total. The Bertz CT molecular complexity index is 545. The van der Waals surface area contributed by atoms with E-state index < -0.39 is 0 Å². The van der Waals surface area contributed by atoms with Crippen LogP contribution in [0.5, 0.6) is 5.75 Å². The molecule has 1 fully saturated rings. The van der Waals surface area contributed by atoms with Crippen molar-refractivity contribution < 1.29 is 9.26 Å². The van der Waals surface area contributed by atoms with Gasteiger partial charge in [0.1, 0.15) is 5.75 Å². The summed E-state index contributed by atoms with van der Waals surface area (Å²) in [5.74, 6) is 2.87. The van der Waals surface area contributed by atoms with Crippen LogP contribution in [0.3, 0.4) is 0 Å². The van der Waals surface area contributed by atoms with Crippen LogP contribution in [0.25, 0.3) is 11.4 Å². The lowest BCUT2D eigenvalue weighted by molar-refractivity contribution is 0.313. The molecule has 106 valence electrons. The van der Waals surface area contributed by atoms with E-state index in [2.05, 4.69) is 15.5 Å². The summed E-state index contributed by atoms with van der Waals surface area (Å²) in [6.07, 6.45) is 3.24. The zero-order valence-corrected chi connectivity index (χ0v) is 11.6. The van der Waals surface area contributed by atoms with Gasteiger partial charge in [-0.2, -0.15) is 4.98 Å². The second kappa shape index (κ2) is 6.05. The average molecular weight is 273 g/mol. The van der Waals surface area contributed by atoms with Crippen molar-refractivity contribution in [3.8, 4) is 17.1 Å². The molecule has 20 heavy (non-hydrogen) atoms. The molecular weight excluding hydrogens is 254 g/mol. The molecule has 0 atom stereocenters. The summed E-state index contributed by atoms with van der Waals surface area (Å²) in [7, 11) is 1.65. The molecule has 0 aliphatic carbocycles. The molecule has 1 N–H and O–H groups in total. The molecule has 3 rings (SSSR count). The molecule has 0 spiro atoms. The van der Waals surface area contributed by atoms with Gasteiger partial charge in [0, 0.05) is 12.0 Å². The maximum atomic E-state index is 5.37. The van der Waals surface area contributed by atoms with E-state index in [4.69, 9.17) is 9.26 Å². The number of methoxy groups -OCH3 is 1. The molecule has 1 saturated heterocycles. The number of rotatable bonds is 4. The zero-order valence-electron chi connectivity index (χ0n) is 11.6. The van der Waals surface area contributed by atoms with Crippen molar-refractivity contribution in [2.75, 3.05) is 20.2 Å². The number of benzene rings is 1. The topological polar surface area (TPSA) is 60.2 Å². The zero-order chi connectivity index (χ0) is 13.8. The van der Waals surface area contributed by atoms with Gasteiger partial charge in [-0.3, -0.25) is 0 Å². The Kier molecular flexibility index (Phi) is 3.97. The van der Waals surface area contributed by atoms with Crippen LogP contribution in [0.15, 0.2) is 28.8 Å². The van der Waals surface area contributed by atoms with Crippen LogP contribution in [-0.4, -0.2) is 30.3 Å². The minimum Gasteiger partial charge on any atom is -0.497 e. The highest BCUT2D eigenvalue weighted by Gasteiger charge is 2.17. The SMILES string of the molecule is COc1ccc(-c2noc(CC3CCNCC3)n2)cc1. The van der Waals surface area contributed by atoms with Crippen molar-refractivity contribution in [1.82, 2.24) is 15.5 Å². The highest BCUT2D eigenvalue weighted by molar-refractivity contribution is 5.55. The number of nitrogens with one attached hydrogen (secondary N) is 1. The third-order valence-electron chi connectivity index (χ3n) is 3.74. The molecule has 5 heteroatoms. The molecule has 1 aliphatic rings. The van der Waals surface area contributed by atoms with Crippen molar-refractivity contribution in [3.63, 3.8) is 0 Å². The molecule has 0 amide bonds. The Balaban J connectivity index is 1.68. The molecule has 1 aromatic carbocycles. The lowest BCUT2D eigenvalue weighted by Gasteiger charge is -2.20. The van der Waals surface area contributed by atoms with E-state index in [1.54, 1.807) is 7.11 Å². The Morgan fingerprint density at radius 1 is 1.25 bits per heavy atom. The second-order valence-electron chi connectivity index (χ2n) is 5.14. The molecule has 1 aromatic heterocycles. The van der Waals surface area contributed by atoms with E-state index >= 15 is 0 Å². The molecule has 1 aliphatic heterocycles. The molecular formula is C15H19N3O2. The highest BCUT2D eigenvalue weighted by atomic mass is 16.5. The fraction of sp³-hybridized carbons (Fsp3) is 0.467. The van der Waals surface area contributed by atoms with Gasteiger partial charge in [0.15, 0.2) is 0 Å². The van der Waals surface area contributed by atoms with Crippen molar-refractivity contribution in [2.24, 2.45) is 5.92 Å². The smallest absolute Gasteiger partial charge is 0.227 e. The van der Waals surface area contributed by atoms with E-state index in [1.165, 1.54) is 12.8 Å². The Morgan fingerprint density at radius 2 is 2.00 bits per heavy atom. The normalized spacial score (nSPS) is 16.2. The first kappa shape index (κ1) is 13.1. The number of aromatic nitrogens is 2. The minimum absolute atomic E-state index is 0.650. The van der Waals surface area contributed by atoms with Crippen LogP contribution in [0.2, 0.25) is 0 Å². The molecule has 0 unspecified atom stereocenters. The Labute approximate surface area is 118 Å². The van der Waals surface area contributed by atoms with E-state index in [0.717, 1.165) is 36.7 Å². The van der Waals surface area contributed by atoms with Gasteiger partial charge >= 0.3 is 0 Å². The van der Waals surface area contributed by atoms with Crippen molar-refractivity contribution in [2.45, 2.75) is 19.3 Å². The van der Waals surface area contributed by atoms with Crippen LogP contribution >= 0.6 is 0 Å². The lowest BCUT2D eigenvalue weighted by atomic mass is 9.95. The predicted molar refractivity (Wildman–Crippen MR) is 75.6 cm³/mol. The third kappa shape index (κ3) is 2.99. The minimum atomic E-state index is 0.650. The summed E-state index contributed by atoms with van der Waals surface area (Å²) in [5.41, 5.74) is 0.950. The van der Waals surface area contributed by atoms with E-state index in [0.29, 0.717) is 11.7 Å². The summed E-state index contributed by atoms with van der Waals surface area (Å²) in [6, 6.07) is 7.69. The lowest BCUT2D eigenvalue weighted by Crippen LogP contribution is -2.28. The molecule has 2 aromatic rings. The van der Waals surface area contributed by atoms with Gasteiger partial charge < -0.3 is 14.6 Å².